The molecule has 0 amide bonds. The lowest BCUT2D eigenvalue weighted by Gasteiger charge is -2.41. The van der Waals surface area contributed by atoms with Crippen molar-refractivity contribution in [1.82, 2.24) is 5.32 Å². The highest BCUT2D eigenvalue weighted by atomic mass is 14.9. The quantitative estimate of drug-likeness (QED) is 0.244. The molecule has 1 aliphatic carbocycles. The van der Waals surface area contributed by atoms with Crippen LogP contribution in [0.2, 0.25) is 0 Å². The Morgan fingerprint density at radius 1 is 1.14 bits per heavy atom. The van der Waals surface area contributed by atoms with E-state index < -0.39 is 0 Å². The van der Waals surface area contributed by atoms with Crippen molar-refractivity contribution in [3.8, 4) is 0 Å². The molecular weight excluding hydrogens is 350 g/mol. The smallest absolute Gasteiger partial charge is 0.0309 e. The number of allylic oxidation sites excluding steroid dienone is 5. The molecule has 5 unspecified atom stereocenters. The van der Waals surface area contributed by atoms with Gasteiger partial charge in [0.05, 0.1) is 0 Å². The van der Waals surface area contributed by atoms with Crippen molar-refractivity contribution in [2.75, 3.05) is 0 Å². The van der Waals surface area contributed by atoms with Crippen LogP contribution >= 0.6 is 0 Å². The summed E-state index contributed by atoms with van der Waals surface area (Å²) in [6.45, 7) is 24.0. The average molecular weight is 398 g/mol. The van der Waals surface area contributed by atoms with Crippen molar-refractivity contribution in [3.63, 3.8) is 0 Å². The van der Waals surface area contributed by atoms with E-state index in [0.29, 0.717) is 35.6 Å². The van der Waals surface area contributed by atoms with Crippen LogP contribution in [-0.4, -0.2) is 6.04 Å². The second-order valence-electron chi connectivity index (χ2n) is 9.47. The maximum absolute atomic E-state index is 4.46. The third kappa shape index (κ3) is 8.43. The van der Waals surface area contributed by atoms with E-state index in [2.05, 4.69) is 89.7 Å². The van der Waals surface area contributed by atoms with Gasteiger partial charge in [0.15, 0.2) is 0 Å². The summed E-state index contributed by atoms with van der Waals surface area (Å²) in [5.41, 5.74) is 4.25. The Labute approximate surface area is 182 Å². The third-order valence-electron chi connectivity index (χ3n) is 7.03. The molecule has 0 saturated heterocycles. The van der Waals surface area contributed by atoms with E-state index in [1.54, 1.807) is 0 Å². The molecule has 0 radical (unpaired) electrons. The van der Waals surface area contributed by atoms with Crippen molar-refractivity contribution in [1.29, 1.82) is 0 Å². The molecule has 0 spiro atoms. The Bertz CT molecular complexity index is 553. The lowest BCUT2D eigenvalue weighted by atomic mass is 9.72. The molecule has 0 aromatic rings. The molecule has 1 rings (SSSR count). The zero-order valence-electron chi connectivity index (χ0n) is 19.9. The molecule has 0 aromatic carbocycles. The summed E-state index contributed by atoms with van der Waals surface area (Å²) in [6.07, 6.45) is 17.1. The minimum Gasteiger partial charge on any atom is -0.385 e. The molecular formula is C28H47N. The summed E-state index contributed by atoms with van der Waals surface area (Å²) in [4.78, 5) is 0. The maximum atomic E-state index is 4.46. The first-order valence-corrected chi connectivity index (χ1v) is 11.9. The molecule has 1 nitrogen and oxygen atoms in total. The summed E-state index contributed by atoms with van der Waals surface area (Å²) < 4.78 is 0. The topological polar surface area (TPSA) is 12.0 Å². The van der Waals surface area contributed by atoms with E-state index in [1.807, 2.05) is 0 Å². The monoisotopic (exact) mass is 397 g/mol. The van der Waals surface area contributed by atoms with Gasteiger partial charge in [-0.2, -0.15) is 0 Å². The second-order valence-corrected chi connectivity index (χ2v) is 9.47. The Hall–Kier alpha value is -1.46. The molecule has 1 heteroatoms. The van der Waals surface area contributed by atoms with Gasteiger partial charge >= 0.3 is 0 Å². The van der Waals surface area contributed by atoms with Crippen LogP contribution < -0.4 is 5.32 Å². The summed E-state index contributed by atoms with van der Waals surface area (Å²) >= 11 is 0. The Kier molecular flexibility index (Phi) is 12.1. The Balaban J connectivity index is 2.76. The predicted octanol–water partition coefficient (Wildman–Crippen LogP) is 8.08. The van der Waals surface area contributed by atoms with Crippen molar-refractivity contribution in [2.24, 2.45) is 35.5 Å². The van der Waals surface area contributed by atoms with Crippen LogP contribution in [0.15, 0.2) is 55.5 Å². The standard InChI is InChI=1S/C28H47N/c1-9-13-14-17-26(15-10-2)27(16-11-3)20-21(5)24(8)29-28-22(6)18-25(12-4)19-23(28)7/h11,13-15,21-23,25-29H,2-3,8-9,12,16-20H2,1,4-7H3/b14-13+. The molecule has 164 valence electrons. The first kappa shape index (κ1) is 25.6. The molecule has 0 aliphatic heterocycles. The van der Waals surface area contributed by atoms with Gasteiger partial charge in [0.25, 0.3) is 0 Å². The lowest BCUT2D eigenvalue weighted by Crippen LogP contribution is -2.45. The Morgan fingerprint density at radius 2 is 1.79 bits per heavy atom. The summed E-state index contributed by atoms with van der Waals surface area (Å²) in [5.74, 6) is 3.77. The third-order valence-corrected chi connectivity index (χ3v) is 7.03. The van der Waals surface area contributed by atoms with Crippen LogP contribution in [0.1, 0.15) is 79.6 Å². The number of rotatable bonds is 13. The van der Waals surface area contributed by atoms with E-state index in [0.717, 1.165) is 31.6 Å². The van der Waals surface area contributed by atoms with E-state index in [9.17, 15) is 0 Å². The fraction of sp³-hybridized carbons (Fsp3) is 0.679. The molecule has 0 bridgehead atoms. The first-order chi connectivity index (χ1) is 13.9. The van der Waals surface area contributed by atoms with Gasteiger partial charge in [-0.25, -0.2) is 0 Å². The largest absolute Gasteiger partial charge is 0.385 e. The van der Waals surface area contributed by atoms with Crippen LogP contribution in [0, 0.1) is 35.5 Å². The minimum absolute atomic E-state index is 0.444. The van der Waals surface area contributed by atoms with Gasteiger partial charge < -0.3 is 5.32 Å². The lowest BCUT2D eigenvalue weighted by molar-refractivity contribution is 0.156. The summed E-state index contributed by atoms with van der Waals surface area (Å²) in [6, 6.07) is 0.557. The highest BCUT2D eigenvalue weighted by Gasteiger charge is 2.33. The molecule has 5 atom stereocenters. The van der Waals surface area contributed by atoms with Crippen LogP contribution in [0.5, 0.6) is 0 Å². The van der Waals surface area contributed by atoms with Gasteiger partial charge in [0, 0.05) is 11.7 Å². The van der Waals surface area contributed by atoms with Gasteiger partial charge in [-0.05, 0) is 80.1 Å². The van der Waals surface area contributed by atoms with Crippen molar-refractivity contribution in [2.45, 2.75) is 85.6 Å². The second kappa shape index (κ2) is 13.7. The normalized spacial score (nSPS) is 27.6. The SMILES string of the molecule is C=C=CC(C/C=C/CC)C(CC=C)CC(C)C(=C)NC1C(C)CC(CC)CC1C. The average Bonchev–Trinajstić information content (AvgIpc) is 2.69. The first-order valence-electron chi connectivity index (χ1n) is 11.9. The van der Waals surface area contributed by atoms with E-state index in [-0.39, 0.29) is 0 Å². The van der Waals surface area contributed by atoms with Crippen molar-refractivity contribution in [3.05, 3.63) is 55.5 Å². The van der Waals surface area contributed by atoms with Gasteiger partial charge in [0.1, 0.15) is 0 Å². The zero-order valence-corrected chi connectivity index (χ0v) is 19.9. The highest BCUT2D eigenvalue weighted by molar-refractivity contribution is 5.04. The molecule has 0 heterocycles. The van der Waals surface area contributed by atoms with Crippen molar-refractivity contribution >= 4 is 0 Å². The van der Waals surface area contributed by atoms with Crippen LogP contribution in [0.25, 0.3) is 0 Å². The Morgan fingerprint density at radius 3 is 2.31 bits per heavy atom. The molecule has 1 saturated carbocycles. The minimum atomic E-state index is 0.444. The zero-order chi connectivity index (χ0) is 21.8. The van der Waals surface area contributed by atoms with Gasteiger partial charge in [-0.3, -0.25) is 0 Å². The highest BCUT2D eigenvalue weighted by Crippen LogP contribution is 2.36. The van der Waals surface area contributed by atoms with Gasteiger partial charge in [-0.1, -0.05) is 72.4 Å². The molecule has 29 heavy (non-hydrogen) atoms. The fourth-order valence-corrected chi connectivity index (χ4v) is 5.20. The molecule has 1 fully saturated rings. The van der Waals surface area contributed by atoms with Crippen molar-refractivity contribution < 1.29 is 0 Å². The number of nitrogens with one attached hydrogen (secondary N) is 1. The molecule has 1 N–H and O–H groups in total. The fourth-order valence-electron chi connectivity index (χ4n) is 5.20. The van der Waals surface area contributed by atoms with Crippen LogP contribution in [0.4, 0.5) is 0 Å². The van der Waals surface area contributed by atoms with E-state index in [4.69, 9.17) is 0 Å². The van der Waals surface area contributed by atoms with Gasteiger partial charge in [-0.15, -0.1) is 12.3 Å². The molecule has 0 aromatic heterocycles. The van der Waals surface area contributed by atoms with Gasteiger partial charge in [0.2, 0.25) is 0 Å². The summed E-state index contributed by atoms with van der Waals surface area (Å²) in [7, 11) is 0. The number of hydrogen-bond acceptors (Lipinski definition) is 1. The maximum Gasteiger partial charge on any atom is 0.0309 e. The number of hydrogen-bond donors (Lipinski definition) is 1. The summed E-state index contributed by atoms with van der Waals surface area (Å²) in [5, 5.41) is 3.86. The van der Waals surface area contributed by atoms with Crippen LogP contribution in [-0.2, 0) is 0 Å². The van der Waals surface area contributed by atoms with E-state index in [1.165, 1.54) is 25.0 Å². The van der Waals surface area contributed by atoms with Crippen LogP contribution in [0.3, 0.4) is 0 Å². The predicted molar refractivity (Wildman–Crippen MR) is 131 cm³/mol. The van der Waals surface area contributed by atoms with E-state index >= 15 is 0 Å². The molecule has 1 aliphatic rings.